The summed E-state index contributed by atoms with van der Waals surface area (Å²) in [5.41, 5.74) is 8.23. The molecule has 36 heavy (non-hydrogen) atoms. The van der Waals surface area contributed by atoms with Crippen LogP contribution < -0.4 is 15.8 Å². The number of fused-ring (bicyclic) bond motifs is 1. The fourth-order valence-corrected chi connectivity index (χ4v) is 4.12. The number of nitrogen functional groups attached to an aromatic ring is 1. The number of rotatable bonds is 10. The number of imidazole rings is 1. The van der Waals surface area contributed by atoms with E-state index in [4.69, 9.17) is 20.2 Å². The highest BCUT2D eigenvalue weighted by Crippen LogP contribution is 2.28. The second-order valence-electron chi connectivity index (χ2n) is 8.99. The van der Waals surface area contributed by atoms with Crippen LogP contribution in [-0.2, 0) is 9.53 Å². The lowest BCUT2D eigenvalue weighted by atomic mass is 10.1. The van der Waals surface area contributed by atoms with Crippen molar-refractivity contribution in [2.24, 2.45) is 0 Å². The molecule has 3 aromatic rings. The molecule has 1 aromatic carbocycles. The summed E-state index contributed by atoms with van der Waals surface area (Å²) in [5, 5.41) is 3.21. The molecule has 11 nitrogen and oxygen atoms in total. The van der Waals surface area contributed by atoms with Gasteiger partial charge in [-0.1, -0.05) is 6.08 Å². The number of nitrogens with one attached hydrogen (secondary N) is 1. The lowest BCUT2D eigenvalue weighted by Gasteiger charge is -2.33. The molecule has 3 N–H and O–H groups in total. The minimum Gasteiger partial charge on any atom is -0.491 e. The number of nitrogens with zero attached hydrogens (tertiary/aromatic N) is 6. The largest absolute Gasteiger partial charge is 0.491 e. The van der Waals surface area contributed by atoms with E-state index in [1.54, 1.807) is 19.5 Å². The lowest BCUT2D eigenvalue weighted by Crippen LogP contribution is -2.39. The van der Waals surface area contributed by atoms with Crippen LogP contribution in [0.2, 0.25) is 0 Å². The number of piperidine rings is 1. The molecule has 1 atom stereocenters. The van der Waals surface area contributed by atoms with Gasteiger partial charge in [0.05, 0.1) is 19.0 Å². The molecule has 1 aliphatic rings. The highest BCUT2D eigenvalue weighted by atomic mass is 16.5. The maximum atomic E-state index is 12.7. The Hall–Kier alpha value is -3.70. The van der Waals surface area contributed by atoms with Gasteiger partial charge in [0.2, 0.25) is 11.9 Å². The fourth-order valence-electron chi connectivity index (χ4n) is 4.12. The predicted octanol–water partition coefficient (Wildman–Crippen LogP) is 2.46. The van der Waals surface area contributed by atoms with E-state index in [9.17, 15) is 4.79 Å². The van der Waals surface area contributed by atoms with Gasteiger partial charge in [0.15, 0.2) is 11.5 Å². The number of carbonyl (C=O) groups is 1. The number of likely N-dealkylation sites (N-methyl/N-ethyl adjacent to an activating group) is 1. The average molecular weight is 495 g/mol. The Balaban J connectivity index is 1.48. The maximum absolute atomic E-state index is 12.7. The minimum absolute atomic E-state index is 0.0251. The highest BCUT2D eigenvalue weighted by Gasteiger charge is 2.26. The van der Waals surface area contributed by atoms with Gasteiger partial charge in [0.25, 0.3) is 0 Å². The van der Waals surface area contributed by atoms with E-state index < -0.39 is 0 Å². The van der Waals surface area contributed by atoms with E-state index in [0.29, 0.717) is 42.7 Å². The number of hydrogen-bond donors (Lipinski definition) is 2. The lowest BCUT2D eigenvalue weighted by molar-refractivity contribution is -0.127. The number of methoxy groups -OCH3 is 1. The van der Waals surface area contributed by atoms with Crippen LogP contribution in [-0.4, -0.2) is 89.3 Å². The standard InChI is InChI=1S/C25H34N8O3/c1-31(2)12-5-7-21(34)32-13-4-6-19(16-32)33-17-27-22-23(26)29-25(30-24(22)33)28-18-8-10-20(11-9-18)36-15-14-35-3/h5,7-11,17,19H,4,6,12-16H2,1-3H3,(H3,26,28,29,30)/t19-/m0/s1. The van der Waals surface area contributed by atoms with Gasteiger partial charge in [-0.2, -0.15) is 9.97 Å². The topological polar surface area (TPSA) is 124 Å². The van der Waals surface area contributed by atoms with Crippen molar-refractivity contribution in [2.75, 3.05) is 65.1 Å². The molecule has 11 heteroatoms. The first-order valence-electron chi connectivity index (χ1n) is 12.0. The van der Waals surface area contributed by atoms with Crippen LogP contribution in [0.1, 0.15) is 18.9 Å². The number of ether oxygens (including phenoxy) is 2. The Kier molecular flexibility index (Phi) is 8.34. The molecule has 0 unspecified atom stereocenters. The van der Waals surface area contributed by atoms with Gasteiger partial charge < -0.3 is 34.9 Å². The van der Waals surface area contributed by atoms with Crippen molar-refractivity contribution < 1.29 is 14.3 Å². The quantitative estimate of drug-likeness (QED) is 0.323. The first-order chi connectivity index (χ1) is 17.4. The molecular formula is C25H34N8O3. The van der Waals surface area contributed by atoms with Crippen molar-refractivity contribution in [1.82, 2.24) is 29.3 Å². The van der Waals surface area contributed by atoms with E-state index in [0.717, 1.165) is 37.4 Å². The third-order valence-electron chi connectivity index (χ3n) is 5.95. The summed E-state index contributed by atoms with van der Waals surface area (Å²) in [4.78, 5) is 30.2. The van der Waals surface area contributed by atoms with Crippen LogP contribution in [0, 0.1) is 0 Å². The van der Waals surface area contributed by atoms with Gasteiger partial charge in [-0.3, -0.25) is 4.79 Å². The van der Waals surface area contributed by atoms with Gasteiger partial charge in [0.1, 0.15) is 17.9 Å². The van der Waals surface area contributed by atoms with E-state index in [1.165, 1.54) is 0 Å². The summed E-state index contributed by atoms with van der Waals surface area (Å²) >= 11 is 0. The third-order valence-corrected chi connectivity index (χ3v) is 5.95. The summed E-state index contributed by atoms with van der Waals surface area (Å²) in [6.45, 7) is 3.07. The number of amides is 1. The molecule has 4 rings (SSSR count). The molecule has 0 aliphatic carbocycles. The number of benzene rings is 1. The van der Waals surface area contributed by atoms with Crippen LogP contribution >= 0.6 is 0 Å². The molecule has 0 saturated carbocycles. The summed E-state index contributed by atoms with van der Waals surface area (Å²) in [6, 6.07) is 7.56. The zero-order valence-corrected chi connectivity index (χ0v) is 21.1. The molecular weight excluding hydrogens is 460 g/mol. The van der Waals surface area contributed by atoms with Gasteiger partial charge in [-0.15, -0.1) is 0 Å². The van der Waals surface area contributed by atoms with Crippen molar-refractivity contribution in [2.45, 2.75) is 18.9 Å². The summed E-state index contributed by atoms with van der Waals surface area (Å²) in [7, 11) is 5.58. The van der Waals surface area contributed by atoms with Crippen molar-refractivity contribution >= 4 is 34.5 Å². The van der Waals surface area contributed by atoms with Crippen molar-refractivity contribution in [3.05, 3.63) is 42.7 Å². The second kappa shape index (κ2) is 11.8. The highest BCUT2D eigenvalue weighted by molar-refractivity contribution is 5.88. The Morgan fingerprint density at radius 1 is 1.25 bits per heavy atom. The second-order valence-corrected chi connectivity index (χ2v) is 8.99. The molecule has 2 aromatic heterocycles. The Morgan fingerprint density at radius 3 is 2.81 bits per heavy atom. The van der Waals surface area contributed by atoms with Crippen molar-refractivity contribution in [3.63, 3.8) is 0 Å². The summed E-state index contributed by atoms with van der Waals surface area (Å²) in [6.07, 6.45) is 7.12. The number of aromatic nitrogens is 4. The first-order valence-corrected chi connectivity index (χ1v) is 12.0. The van der Waals surface area contributed by atoms with Gasteiger partial charge >= 0.3 is 0 Å². The van der Waals surface area contributed by atoms with Crippen LogP contribution in [0.3, 0.4) is 0 Å². The molecule has 3 heterocycles. The van der Waals surface area contributed by atoms with Crippen molar-refractivity contribution in [1.29, 1.82) is 0 Å². The number of likely N-dealkylation sites (tertiary alicyclic amines) is 1. The fraction of sp³-hybridized carbons (Fsp3) is 0.440. The van der Waals surface area contributed by atoms with Crippen molar-refractivity contribution in [3.8, 4) is 5.75 Å². The zero-order chi connectivity index (χ0) is 25.5. The van der Waals surface area contributed by atoms with Gasteiger partial charge in [-0.05, 0) is 51.2 Å². The van der Waals surface area contributed by atoms with Gasteiger partial charge in [0, 0.05) is 38.5 Å². The van der Waals surface area contributed by atoms with Crippen LogP contribution in [0.5, 0.6) is 5.75 Å². The maximum Gasteiger partial charge on any atom is 0.246 e. The van der Waals surface area contributed by atoms with E-state index in [2.05, 4.69) is 15.3 Å². The van der Waals surface area contributed by atoms with Crippen LogP contribution in [0.25, 0.3) is 11.2 Å². The zero-order valence-electron chi connectivity index (χ0n) is 21.1. The molecule has 192 valence electrons. The smallest absolute Gasteiger partial charge is 0.246 e. The van der Waals surface area contributed by atoms with E-state index >= 15 is 0 Å². The number of hydrogen-bond acceptors (Lipinski definition) is 9. The van der Waals surface area contributed by atoms with E-state index in [1.807, 2.05) is 58.8 Å². The molecule has 1 fully saturated rings. The summed E-state index contributed by atoms with van der Waals surface area (Å²) in [5.74, 6) is 1.46. The summed E-state index contributed by atoms with van der Waals surface area (Å²) < 4.78 is 12.6. The average Bonchev–Trinajstić information content (AvgIpc) is 3.30. The first kappa shape index (κ1) is 25.4. The van der Waals surface area contributed by atoms with Crippen LogP contribution in [0.15, 0.2) is 42.7 Å². The Morgan fingerprint density at radius 2 is 2.06 bits per heavy atom. The molecule has 0 radical (unpaired) electrons. The van der Waals surface area contributed by atoms with E-state index in [-0.39, 0.29) is 11.9 Å². The molecule has 1 aliphatic heterocycles. The number of anilines is 3. The Bertz CT molecular complexity index is 1190. The molecule has 0 bridgehead atoms. The molecule has 0 spiro atoms. The number of carbonyl (C=O) groups excluding carboxylic acids is 1. The predicted molar refractivity (Wildman–Crippen MR) is 139 cm³/mol. The van der Waals surface area contributed by atoms with Crippen LogP contribution in [0.4, 0.5) is 17.5 Å². The molecule has 1 saturated heterocycles. The van der Waals surface area contributed by atoms with Gasteiger partial charge in [-0.25, -0.2) is 4.98 Å². The molecule has 1 amide bonds. The monoisotopic (exact) mass is 494 g/mol. The third kappa shape index (κ3) is 6.29. The normalized spacial score (nSPS) is 16.2. The Labute approximate surface area is 210 Å². The SMILES string of the molecule is COCCOc1ccc(Nc2nc(N)c3ncn([C@H]4CCCN(C(=O)C=CCN(C)C)C4)c3n2)cc1. The minimum atomic E-state index is 0.0251. The number of nitrogens with two attached hydrogens (primary N) is 1.